The van der Waals surface area contributed by atoms with Crippen LogP contribution >= 0.6 is 0 Å². The van der Waals surface area contributed by atoms with Crippen molar-refractivity contribution in [2.75, 3.05) is 32.1 Å². The summed E-state index contributed by atoms with van der Waals surface area (Å²) in [4.78, 5) is 8.98. The molecule has 28 heavy (non-hydrogen) atoms. The van der Waals surface area contributed by atoms with Crippen molar-refractivity contribution in [3.63, 3.8) is 0 Å². The van der Waals surface area contributed by atoms with E-state index in [9.17, 15) is 10.4 Å². The van der Waals surface area contributed by atoms with Crippen molar-refractivity contribution in [3.8, 4) is 17.2 Å². The van der Waals surface area contributed by atoms with Crippen molar-refractivity contribution in [1.29, 1.82) is 5.26 Å². The van der Waals surface area contributed by atoms with Crippen LogP contribution in [0.2, 0.25) is 0 Å². The predicted molar refractivity (Wildman–Crippen MR) is 109 cm³/mol. The first-order valence-corrected chi connectivity index (χ1v) is 9.48. The molecule has 4 rings (SSSR count). The number of nitriles is 1. The van der Waals surface area contributed by atoms with E-state index in [1.807, 2.05) is 25.1 Å². The highest BCUT2D eigenvalue weighted by molar-refractivity contribution is 6.02. The molecule has 6 heteroatoms. The summed E-state index contributed by atoms with van der Waals surface area (Å²) in [6.45, 7) is 3.45. The maximum atomic E-state index is 9.83. The zero-order valence-electron chi connectivity index (χ0n) is 16.4. The Morgan fingerprint density at radius 3 is 2.68 bits per heavy atom. The van der Waals surface area contributed by atoms with E-state index >= 15 is 0 Å². The maximum absolute atomic E-state index is 9.83. The van der Waals surface area contributed by atoms with Gasteiger partial charge >= 0.3 is 0 Å². The molecule has 1 aromatic heterocycles. The molecule has 0 radical (unpaired) electrons. The van der Waals surface area contributed by atoms with Crippen molar-refractivity contribution in [1.82, 2.24) is 9.88 Å². The van der Waals surface area contributed by atoms with E-state index in [1.54, 1.807) is 0 Å². The van der Waals surface area contributed by atoms with Gasteiger partial charge in [-0.3, -0.25) is 0 Å². The standard InChI is InChI=1S/C22H24N4O2/c1-14-17(11-23)20-22(28-18(13-27)24-20)21(19(14)15-7-5-4-6-8-15)26-10-9-16(12-26)25(2)3/h4-8,16,27H,9-10,12-13H2,1-3H3. The van der Waals surface area contributed by atoms with Crippen molar-refractivity contribution in [2.24, 2.45) is 0 Å². The lowest BCUT2D eigenvalue weighted by molar-refractivity contribution is 0.244. The molecule has 0 amide bonds. The number of aliphatic hydroxyl groups is 1. The first-order chi connectivity index (χ1) is 13.5. The third-order valence-corrected chi connectivity index (χ3v) is 5.63. The maximum Gasteiger partial charge on any atom is 0.221 e. The summed E-state index contributed by atoms with van der Waals surface area (Å²) in [6, 6.07) is 12.9. The molecule has 0 saturated carbocycles. The van der Waals surface area contributed by atoms with Crippen molar-refractivity contribution in [2.45, 2.75) is 26.0 Å². The molecule has 0 aliphatic carbocycles. The van der Waals surface area contributed by atoms with Gasteiger partial charge in [0, 0.05) is 24.7 Å². The Labute approximate surface area is 164 Å². The highest BCUT2D eigenvalue weighted by atomic mass is 16.4. The number of aromatic nitrogens is 1. The van der Waals surface area contributed by atoms with Crippen LogP contribution in [0.25, 0.3) is 22.2 Å². The molecular formula is C22H24N4O2. The number of hydrogen-bond donors (Lipinski definition) is 1. The molecule has 1 unspecified atom stereocenters. The Bertz CT molecular complexity index is 1050. The first kappa shape index (κ1) is 18.5. The Kier molecular flexibility index (Phi) is 4.80. The minimum atomic E-state index is -0.293. The lowest BCUT2D eigenvalue weighted by Gasteiger charge is -2.25. The van der Waals surface area contributed by atoms with Crippen LogP contribution < -0.4 is 4.90 Å². The number of nitrogens with zero attached hydrogens (tertiary/aromatic N) is 4. The Balaban J connectivity index is 2.03. The molecule has 1 fully saturated rings. The van der Waals surface area contributed by atoms with E-state index < -0.39 is 0 Å². The molecule has 1 aliphatic heterocycles. The quantitative estimate of drug-likeness (QED) is 0.753. The van der Waals surface area contributed by atoms with Crippen LogP contribution in [-0.2, 0) is 6.61 Å². The van der Waals surface area contributed by atoms with Gasteiger partial charge in [0.05, 0.1) is 11.3 Å². The van der Waals surface area contributed by atoms with Gasteiger partial charge in [-0.25, -0.2) is 4.98 Å². The summed E-state index contributed by atoms with van der Waals surface area (Å²) in [6.07, 6.45) is 1.06. The minimum Gasteiger partial charge on any atom is -0.436 e. The average Bonchev–Trinajstić information content (AvgIpc) is 3.35. The van der Waals surface area contributed by atoms with Crippen LogP contribution in [0.15, 0.2) is 34.7 Å². The second-order valence-corrected chi connectivity index (χ2v) is 7.50. The highest BCUT2D eigenvalue weighted by Gasteiger charge is 2.31. The van der Waals surface area contributed by atoms with Crippen molar-refractivity contribution in [3.05, 3.63) is 47.3 Å². The topological polar surface area (TPSA) is 76.5 Å². The zero-order valence-corrected chi connectivity index (χ0v) is 16.4. The molecule has 1 N–H and O–H groups in total. The SMILES string of the molecule is Cc1c(-c2ccccc2)c(N2CCC(N(C)C)C2)c2oc(CO)nc2c1C#N. The van der Waals surface area contributed by atoms with Gasteiger partial charge in [0.1, 0.15) is 18.2 Å². The third-order valence-electron chi connectivity index (χ3n) is 5.63. The number of rotatable bonds is 4. The Hall–Kier alpha value is -2.88. The lowest BCUT2D eigenvalue weighted by Crippen LogP contribution is -2.31. The molecule has 6 nitrogen and oxygen atoms in total. The number of likely N-dealkylation sites (N-methyl/N-ethyl adjacent to an activating group) is 1. The third kappa shape index (κ3) is 2.93. The molecule has 2 aromatic carbocycles. The average molecular weight is 376 g/mol. The van der Waals surface area contributed by atoms with Gasteiger partial charge < -0.3 is 19.3 Å². The number of aliphatic hydroxyl groups excluding tert-OH is 1. The molecular weight excluding hydrogens is 352 g/mol. The van der Waals surface area contributed by atoms with E-state index in [2.05, 4.69) is 47.1 Å². The second-order valence-electron chi connectivity index (χ2n) is 7.50. The smallest absolute Gasteiger partial charge is 0.221 e. The molecule has 2 heterocycles. The highest BCUT2D eigenvalue weighted by Crippen LogP contribution is 2.44. The van der Waals surface area contributed by atoms with Crippen LogP contribution in [-0.4, -0.2) is 48.2 Å². The Morgan fingerprint density at radius 2 is 2.07 bits per heavy atom. The van der Waals surface area contributed by atoms with Gasteiger partial charge in [-0.2, -0.15) is 5.26 Å². The van der Waals surface area contributed by atoms with Crippen LogP contribution in [0.3, 0.4) is 0 Å². The molecule has 1 saturated heterocycles. The number of anilines is 1. The summed E-state index contributed by atoms with van der Waals surface area (Å²) in [7, 11) is 4.20. The Morgan fingerprint density at radius 1 is 1.32 bits per heavy atom. The number of fused-ring (bicyclic) bond motifs is 1. The first-order valence-electron chi connectivity index (χ1n) is 9.48. The molecule has 1 aliphatic rings. The summed E-state index contributed by atoms with van der Waals surface area (Å²) in [5.74, 6) is 0.237. The fraction of sp³-hybridized carbons (Fsp3) is 0.364. The van der Waals surface area contributed by atoms with Gasteiger partial charge in [0.25, 0.3) is 0 Å². The summed E-state index contributed by atoms with van der Waals surface area (Å²) < 4.78 is 5.95. The summed E-state index contributed by atoms with van der Waals surface area (Å²) in [5, 5.41) is 19.4. The minimum absolute atomic E-state index is 0.237. The molecule has 1 atom stereocenters. The fourth-order valence-corrected chi connectivity index (χ4v) is 4.12. The monoisotopic (exact) mass is 376 g/mol. The van der Waals surface area contributed by atoms with E-state index in [-0.39, 0.29) is 12.5 Å². The predicted octanol–water partition coefficient (Wildman–Crippen LogP) is 3.31. The lowest BCUT2D eigenvalue weighted by atomic mass is 9.93. The van der Waals surface area contributed by atoms with Gasteiger partial charge in [0.2, 0.25) is 5.89 Å². The van der Waals surface area contributed by atoms with Crippen molar-refractivity contribution < 1.29 is 9.52 Å². The van der Waals surface area contributed by atoms with E-state index in [0.717, 1.165) is 41.9 Å². The van der Waals surface area contributed by atoms with Gasteiger partial charge in [-0.15, -0.1) is 0 Å². The fourth-order valence-electron chi connectivity index (χ4n) is 4.12. The van der Waals surface area contributed by atoms with E-state index in [1.165, 1.54) is 0 Å². The number of hydrogen-bond acceptors (Lipinski definition) is 6. The van der Waals surface area contributed by atoms with Crippen LogP contribution in [0.5, 0.6) is 0 Å². The van der Waals surface area contributed by atoms with Gasteiger partial charge in [-0.1, -0.05) is 30.3 Å². The summed E-state index contributed by atoms with van der Waals surface area (Å²) >= 11 is 0. The zero-order chi connectivity index (χ0) is 19.8. The van der Waals surface area contributed by atoms with Crippen molar-refractivity contribution >= 4 is 16.8 Å². The van der Waals surface area contributed by atoms with Crippen LogP contribution in [0.4, 0.5) is 5.69 Å². The van der Waals surface area contributed by atoms with Gasteiger partial charge in [0.15, 0.2) is 5.58 Å². The largest absolute Gasteiger partial charge is 0.436 e. The molecule has 0 bridgehead atoms. The van der Waals surface area contributed by atoms with Crippen LogP contribution in [0.1, 0.15) is 23.4 Å². The molecule has 144 valence electrons. The second kappa shape index (κ2) is 7.27. The summed E-state index contributed by atoms with van der Waals surface area (Å²) in [5.41, 5.74) is 5.53. The van der Waals surface area contributed by atoms with Gasteiger partial charge in [-0.05, 0) is 38.6 Å². The van der Waals surface area contributed by atoms with E-state index in [0.29, 0.717) is 22.7 Å². The normalized spacial score (nSPS) is 16.9. The van der Waals surface area contributed by atoms with E-state index in [4.69, 9.17) is 4.42 Å². The molecule has 3 aromatic rings. The number of benzene rings is 2. The molecule has 0 spiro atoms. The van der Waals surface area contributed by atoms with Crippen LogP contribution in [0, 0.1) is 18.3 Å². The number of oxazole rings is 1.